The summed E-state index contributed by atoms with van der Waals surface area (Å²) >= 11 is 0. The van der Waals surface area contributed by atoms with Gasteiger partial charge in [0.25, 0.3) is 0 Å². The van der Waals surface area contributed by atoms with E-state index in [1.165, 1.54) is 21.3 Å². The minimum atomic E-state index is -1.35. The number of aliphatic hydroxyl groups excluding tert-OH is 1. The second-order valence-electron chi connectivity index (χ2n) is 10.4. The molecule has 1 saturated heterocycles. The van der Waals surface area contributed by atoms with Crippen molar-refractivity contribution in [2.75, 3.05) is 38.1 Å². The molecule has 3 amide bonds. The van der Waals surface area contributed by atoms with Crippen molar-refractivity contribution in [1.82, 2.24) is 24.7 Å². The molecule has 1 aliphatic carbocycles. The molecule has 7 N–H and O–H groups in total. The Labute approximate surface area is 234 Å². The number of rotatable bonds is 7. The highest BCUT2D eigenvalue weighted by Crippen LogP contribution is 2.18. The number of halogens is 1. The standard InChI is InChI=1S/C26H38N8O4.ClH/c1-26(28,17-35)23(36)32-12-14-33(15-13-32)24(37)30-22-10-11-34(25(38)31-22)21-8-2-18(3-9-21)16-29-20-6-4-19(27)5-7-20;/h2-3,8-11,19-20,29,35H,4-7,12-17,27-28H2,1H3,(H,30,31,37,38);1H. The summed E-state index contributed by atoms with van der Waals surface area (Å²) in [4.78, 5) is 44.8. The molecule has 2 aromatic rings. The smallest absolute Gasteiger partial charge is 0.354 e. The lowest BCUT2D eigenvalue weighted by Gasteiger charge is -2.37. The number of anilines is 1. The molecule has 1 aromatic heterocycles. The molecule has 2 fully saturated rings. The summed E-state index contributed by atoms with van der Waals surface area (Å²) in [5.74, 6) is -0.207. The number of nitrogens with one attached hydrogen (secondary N) is 2. The maximum Gasteiger partial charge on any atom is 0.354 e. The second kappa shape index (κ2) is 13.4. The van der Waals surface area contributed by atoms with Crippen molar-refractivity contribution in [3.05, 3.63) is 52.6 Å². The third kappa shape index (κ3) is 7.76. The zero-order valence-electron chi connectivity index (χ0n) is 22.2. The summed E-state index contributed by atoms with van der Waals surface area (Å²) in [6.45, 7) is 2.97. The van der Waals surface area contributed by atoms with Crippen LogP contribution in [-0.2, 0) is 11.3 Å². The molecule has 2 aliphatic rings. The van der Waals surface area contributed by atoms with Crippen LogP contribution in [0, 0.1) is 0 Å². The number of nitrogens with zero attached hydrogens (tertiary/aromatic N) is 4. The van der Waals surface area contributed by atoms with E-state index in [1.807, 2.05) is 24.3 Å². The van der Waals surface area contributed by atoms with E-state index in [9.17, 15) is 19.5 Å². The molecule has 4 rings (SSSR count). The van der Waals surface area contributed by atoms with Gasteiger partial charge in [-0.3, -0.25) is 14.7 Å². The fraction of sp³-hybridized carbons (Fsp3) is 0.538. The van der Waals surface area contributed by atoms with Crippen molar-refractivity contribution in [3.8, 4) is 5.69 Å². The average Bonchev–Trinajstić information content (AvgIpc) is 2.93. The molecule has 12 nitrogen and oxygen atoms in total. The normalized spacial score (nSPS) is 21.0. The monoisotopic (exact) mass is 562 g/mol. The number of urea groups is 1. The first-order chi connectivity index (χ1) is 18.2. The van der Waals surface area contributed by atoms with Crippen molar-refractivity contribution in [1.29, 1.82) is 0 Å². The lowest BCUT2D eigenvalue weighted by Crippen LogP contribution is -2.60. The Bertz CT molecular complexity index is 1170. The van der Waals surface area contributed by atoms with E-state index in [4.69, 9.17) is 11.5 Å². The maximum atomic E-state index is 12.7. The molecule has 1 aromatic carbocycles. The molecule has 2 heterocycles. The summed E-state index contributed by atoms with van der Waals surface area (Å²) in [5.41, 5.74) is 11.8. The predicted molar refractivity (Wildman–Crippen MR) is 151 cm³/mol. The number of carbonyl (C=O) groups excluding carboxylic acids is 2. The lowest BCUT2D eigenvalue weighted by atomic mass is 9.92. The minimum absolute atomic E-state index is 0. The van der Waals surface area contributed by atoms with Crippen molar-refractivity contribution in [2.24, 2.45) is 11.5 Å². The van der Waals surface area contributed by atoms with Gasteiger partial charge in [0, 0.05) is 51.0 Å². The van der Waals surface area contributed by atoms with Gasteiger partial charge in [0.15, 0.2) is 0 Å². The minimum Gasteiger partial charge on any atom is -0.394 e. The molecule has 214 valence electrons. The highest BCUT2D eigenvalue weighted by Gasteiger charge is 2.34. The number of hydrogen-bond acceptors (Lipinski definition) is 8. The molecule has 1 unspecified atom stereocenters. The van der Waals surface area contributed by atoms with Gasteiger partial charge in [0.05, 0.1) is 12.3 Å². The van der Waals surface area contributed by atoms with Gasteiger partial charge in [-0.2, -0.15) is 4.98 Å². The van der Waals surface area contributed by atoms with E-state index in [0.717, 1.165) is 37.8 Å². The molecule has 13 heteroatoms. The third-order valence-corrected chi connectivity index (χ3v) is 7.29. The number of aromatic nitrogens is 2. The van der Waals surface area contributed by atoms with Crippen LogP contribution in [0.4, 0.5) is 10.6 Å². The van der Waals surface area contributed by atoms with Crippen LogP contribution in [0.15, 0.2) is 41.3 Å². The van der Waals surface area contributed by atoms with Gasteiger partial charge in [-0.15, -0.1) is 12.4 Å². The van der Waals surface area contributed by atoms with Crippen LogP contribution in [0.25, 0.3) is 5.69 Å². The first-order valence-corrected chi connectivity index (χ1v) is 13.1. The van der Waals surface area contributed by atoms with Crippen LogP contribution < -0.4 is 27.8 Å². The fourth-order valence-electron chi connectivity index (χ4n) is 4.76. The first kappa shape index (κ1) is 30.5. The summed E-state index contributed by atoms with van der Waals surface area (Å²) in [5, 5.41) is 15.6. The summed E-state index contributed by atoms with van der Waals surface area (Å²) < 4.78 is 1.42. The third-order valence-electron chi connectivity index (χ3n) is 7.29. The number of aliphatic hydroxyl groups is 1. The number of amides is 3. The van der Waals surface area contributed by atoms with Crippen LogP contribution in [0.2, 0.25) is 0 Å². The van der Waals surface area contributed by atoms with Crippen LogP contribution in [0.3, 0.4) is 0 Å². The maximum absolute atomic E-state index is 12.7. The molecular weight excluding hydrogens is 524 g/mol. The highest BCUT2D eigenvalue weighted by atomic mass is 35.5. The van der Waals surface area contributed by atoms with Crippen molar-refractivity contribution in [3.63, 3.8) is 0 Å². The Hall–Kier alpha value is -3.03. The Morgan fingerprint density at radius 1 is 1.05 bits per heavy atom. The highest BCUT2D eigenvalue weighted by molar-refractivity contribution is 5.89. The largest absolute Gasteiger partial charge is 0.394 e. The second-order valence-corrected chi connectivity index (χ2v) is 10.4. The Morgan fingerprint density at radius 2 is 1.67 bits per heavy atom. The number of hydrogen-bond donors (Lipinski definition) is 5. The SMILES string of the molecule is CC(N)(CO)C(=O)N1CCN(C(=O)Nc2ccn(-c3ccc(CNC4CCC(N)CC4)cc3)c(=O)n2)CC1.Cl. The molecular formula is C26H39ClN8O4. The number of nitrogens with two attached hydrogens (primary N) is 2. The van der Waals surface area contributed by atoms with Gasteiger partial charge < -0.3 is 31.7 Å². The zero-order valence-corrected chi connectivity index (χ0v) is 23.0. The van der Waals surface area contributed by atoms with E-state index in [1.54, 1.807) is 12.3 Å². The Kier molecular flexibility index (Phi) is 10.4. The van der Waals surface area contributed by atoms with Gasteiger partial charge in [0.1, 0.15) is 11.4 Å². The zero-order chi connectivity index (χ0) is 27.3. The topological polar surface area (TPSA) is 172 Å². The number of piperazine rings is 1. The van der Waals surface area contributed by atoms with E-state index in [-0.39, 0.29) is 24.1 Å². The molecule has 0 radical (unpaired) electrons. The first-order valence-electron chi connectivity index (χ1n) is 13.1. The van der Waals surface area contributed by atoms with Gasteiger partial charge in [-0.1, -0.05) is 12.1 Å². The molecule has 0 bridgehead atoms. The Morgan fingerprint density at radius 3 is 2.26 bits per heavy atom. The summed E-state index contributed by atoms with van der Waals surface area (Å²) in [6.07, 6.45) is 5.88. The van der Waals surface area contributed by atoms with Crippen LogP contribution in [0.5, 0.6) is 0 Å². The van der Waals surface area contributed by atoms with Gasteiger partial charge in [-0.05, 0) is 56.4 Å². The van der Waals surface area contributed by atoms with E-state index in [0.29, 0.717) is 44.0 Å². The van der Waals surface area contributed by atoms with Crippen LogP contribution >= 0.6 is 12.4 Å². The predicted octanol–water partition coefficient (Wildman–Crippen LogP) is 0.400. The quantitative estimate of drug-likeness (QED) is 0.322. The van der Waals surface area contributed by atoms with Crippen molar-refractivity contribution >= 4 is 30.2 Å². The van der Waals surface area contributed by atoms with Crippen LogP contribution in [-0.4, -0.2) is 86.8 Å². The average molecular weight is 563 g/mol. The van der Waals surface area contributed by atoms with E-state index < -0.39 is 23.9 Å². The molecule has 39 heavy (non-hydrogen) atoms. The summed E-state index contributed by atoms with van der Waals surface area (Å²) in [7, 11) is 0. The van der Waals surface area contributed by atoms with E-state index >= 15 is 0 Å². The van der Waals surface area contributed by atoms with Crippen molar-refractivity contribution in [2.45, 2.75) is 56.8 Å². The van der Waals surface area contributed by atoms with Gasteiger partial charge >= 0.3 is 11.7 Å². The summed E-state index contributed by atoms with van der Waals surface area (Å²) in [6, 6.07) is 9.70. The van der Waals surface area contributed by atoms with E-state index in [2.05, 4.69) is 15.6 Å². The molecule has 1 atom stereocenters. The molecule has 1 saturated carbocycles. The van der Waals surface area contributed by atoms with Gasteiger partial charge in [-0.25, -0.2) is 9.59 Å². The Balaban J connectivity index is 0.00000420. The van der Waals surface area contributed by atoms with Gasteiger partial charge in [0.2, 0.25) is 5.91 Å². The number of benzene rings is 1. The molecule has 1 aliphatic heterocycles. The number of carbonyl (C=O) groups is 2. The van der Waals surface area contributed by atoms with Crippen molar-refractivity contribution < 1.29 is 14.7 Å². The lowest BCUT2D eigenvalue weighted by molar-refractivity contribution is -0.139. The van der Waals surface area contributed by atoms with Crippen LogP contribution in [0.1, 0.15) is 38.2 Å². The molecule has 0 spiro atoms. The fourth-order valence-corrected chi connectivity index (χ4v) is 4.76.